The van der Waals surface area contributed by atoms with Crippen molar-refractivity contribution in [2.75, 3.05) is 5.32 Å². The van der Waals surface area contributed by atoms with Crippen LogP contribution in [-0.2, 0) is 0 Å². The number of thioether (sulfide) groups is 1. The Morgan fingerprint density at radius 3 is 2.37 bits per heavy atom. The number of anilines is 1. The van der Waals surface area contributed by atoms with E-state index < -0.39 is 5.38 Å². The van der Waals surface area contributed by atoms with Gasteiger partial charge in [0.15, 0.2) is 5.78 Å². The fourth-order valence-corrected chi connectivity index (χ4v) is 8.74. The summed E-state index contributed by atoms with van der Waals surface area (Å²) in [5.74, 6) is -0.403. The molecule has 1 aliphatic carbocycles. The summed E-state index contributed by atoms with van der Waals surface area (Å²) in [5.41, 5.74) is 3.40. The molecule has 0 radical (unpaired) electrons. The summed E-state index contributed by atoms with van der Waals surface area (Å²) >= 11 is 28.3. The lowest BCUT2D eigenvalue weighted by molar-refractivity contribution is -0.387. The van der Waals surface area contributed by atoms with E-state index in [1.807, 2.05) is 30.3 Å². The summed E-state index contributed by atoms with van der Waals surface area (Å²) < 4.78 is 0. The number of carbonyl (C=O) groups is 1. The number of carbonyl (C=O) groups excluding carboxylic acids is 1. The van der Waals surface area contributed by atoms with Gasteiger partial charge in [0.05, 0.1) is 21.2 Å². The number of halogens is 4. The molecule has 1 fully saturated rings. The first-order chi connectivity index (χ1) is 19.7. The number of nitro benzene ring substituents is 1. The minimum Gasteiger partial charge on any atom is -0.377 e. The second-order valence-electron chi connectivity index (χ2n) is 10.2. The Balaban J connectivity index is 1.48. The molecule has 5 nitrogen and oxygen atoms in total. The topological polar surface area (TPSA) is 72.2 Å². The van der Waals surface area contributed by atoms with Crippen LogP contribution >= 0.6 is 58.2 Å². The van der Waals surface area contributed by atoms with Gasteiger partial charge in [-0.2, -0.15) is 0 Å². The molecule has 1 heterocycles. The maximum Gasteiger partial charge on any atom is 0.282 e. The molecule has 0 amide bonds. The molecule has 0 bridgehead atoms. The van der Waals surface area contributed by atoms with Crippen molar-refractivity contribution in [1.29, 1.82) is 0 Å². The smallest absolute Gasteiger partial charge is 0.282 e. The average Bonchev–Trinajstić information content (AvgIpc) is 3.28. The van der Waals surface area contributed by atoms with Crippen LogP contribution in [0.15, 0.2) is 89.8 Å². The van der Waals surface area contributed by atoms with Gasteiger partial charge in [-0.25, -0.2) is 0 Å². The lowest BCUT2D eigenvalue weighted by Crippen LogP contribution is -2.32. The second-order valence-corrected chi connectivity index (χ2v) is 13.2. The highest BCUT2D eigenvalue weighted by Crippen LogP contribution is 2.59. The average molecular weight is 644 g/mol. The Labute approximate surface area is 261 Å². The molecule has 2 aliphatic rings. The van der Waals surface area contributed by atoms with Crippen molar-refractivity contribution < 1.29 is 9.72 Å². The third-order valence-electron chi connectivity index (χ3n) is 7.80. The lowest BCUT2D eigenvalue weighted by atomic mass is 9.76. The van der Waals surface area contributed by atoms with E-state index in [1.54, 1.807) is 48.5 Å². The predicted octanol–water partition coefficient (Wildman–Crippen LogP) is 9.82. The first kappa shape index (κ1) is 28.4. The number of benzene rings is 4. The van der Waals surface area contributed by atoms with Crippen LogP contribution in [0.2, 0.25) is 15.1 Å². The molecule has 1 N–H and O–H groups in total. The highest BCUT2D eigenvalue weighted by Gasteiger charge is 2.51. The van der Waals surface area contributed by atoms with Crippen molar-refractivity contribution >= 4 is 75.3 Å². The molecule has 41 heavy (non-hydrogen) atoms. The molecule has 208 valence electrons. The molecule has 0 spiro atoms. The fourth-order valence-electron chi connectivity index (χ4n) is 6.04. The van der Waals surface area contributed by atoms with Gasteiger partial charge in [0.1, 0.15) is 0 Å². The standard InChI is InChI=1S/C31H22Cl4N2O3S/c32-17-10-11-19(23(34)14-17)29-21-15-26(41-25-9-5-4-8-24(25)37(39)40)28(35)27(21)20-12-18(33)13-22(30(20)36-29)31(38)16-6-2-1-3-7-16/h1-14,21,26-29,36H,15H2/t21-,26+,27+,28+,29-/m1/s1. The molecule has 0 saturated heterocycles. The second kappa shape index (κ2) is 11.5. The summed E-state index contributed by atoms with van der Waals surface area (Å²) in [5, 5.41) is 16.3. The number of ketones is 1. The Hall–Kier alpha value is -2.74. The van der Waals surface area contributed by atoms with E-state index in [2.05, 4.69) is 5.32 Å². The van der Waals surface area contributed by atoms with Gasteiger partial charge >= 0.3 is 0 Å². The van der Waals surface area contributed by atoms with Gasteiger partial charge < -0.3 is 5.32 Å². The summed E-state index contributed by atoms with van der Waals surface area (Å²) in [6.07, 6.45) is 0.653. The van der Waals surface area contributed by atoms with Crippen LogP contribution in [0.4, 0.5) is 11.4 Å². The van der Waals surface area contributed by atoms with Crippen molar-refractivity contribution in [3.8, 4) is 0 Å². The molecular formula is C31H22Cl4N2O3S. The Bertz CT molecular complexity index is 1670. The van der Waals surface area contributed by atoms with E-state index in [4.69, 9.17) is 46.4 Å². The van der Waals surface area contributed by atoms with E-state index in [0.717, 1.165) is 11.1 Å². The monoisotopic (exact) mass is 642 g/mol. The molecule has 10 heteroatoms. The molecule has 0 unspecified atom stereocenters. The summed E-state index contributed by atoms with van der Waals surface area (Å²) in [4.78, 5) is 25.7. The lowest BCUT2D eigenvalue weighted by Gasteiger charge is -2.39. The number of alkyl halides is 1. The first-order valence-corrected chi connectivity index (χ1v) is 15.4. The Morgan fingerprint density at radius 1 is 0.902 bits per heavy atom. The fraction of sp³-hybridized carbons (Fsp3) is 0.194. The van der Waals surface area contributed by atoms with E-state index in [-0.39, 0.29) is 39.5 Å². The van der Waals surface area contributed by atoms with Gasteiger partial charge in [-0.3, -0.25) is 14.9 Å². The number of hydrogen-bond acceptors (Lipinski definition) is 5. The molecule has 1 saturated carbocycles. The highest BCUT2D eigenvalue weighted by molar-refractivity contribution is 8.00. The maximum absolute atomic E-state index is 13.8. The molecular weight excluding hydrogens is 622 g/mol. The summed E-state index contributed by atoms with van der Waals surface area (Å²) in [6.45, 7) is 0. The van der Waals surface area contributed by atoms with E-state index in [1.165, 1.54) is 17.8 Å². The summed E-state index contributed by atoms with van der Waals surface area (Å²) in [6, 6.07) is 24.4. The van der Waals surface area contributed by atoms with E-state index in [9.17, 15) is 14.9 Å². The maximum atomic E-state index is 13.8. The number of nitrogens with one attached hydrogen (secondary N) is 1. The number of nitrogens with zero attached hydrogens (tertiary/aromatic N) is 1. The van der Waals surface area contributed by atoms with Crippen molar-refractivity contribution in [2.24, 2.45) is 5.92 Å². The summed E-state index contributed by atoms with van der Waals surface area (Å²) in [7, 11) is 0. The van der Waals surface area contributed by atoms with Crippen LogP contribution in [0.1, 0.15) is 45.4 Å². The number of nitro groups is 1. The van der Waals surface area contributed by atoms with Crippen LogP contribution in [0, 0.1) is 16.0 Å². The molecule has 6 rings (SSSR count). The van der Waals surface area contributed by atoms with Crippen LogP contribution in [0.25, 0.3) is 0 Å². The number of hydrogen-bond donors (Lipinski definition) is 1. The Morgan fingerprint density at radius 2 is 1.63 bits per heavy atom. The van der Waals surface area contributed by atoms with Crippen molar-refractivity contribution in [2.45, 2.75) is 33.9 Å². The zero-order valence-corrected chi connectivity index (χ0v) is 25.1. The van der Waals surface area contributed by atoms with Crippen LogP contribution in [0.3, 0.4) is 0 Å². The molecule has 4 aromatic rings. The minimum atomic E-state index is -0.405. The number of rotatable bonds is 6. The first-order valence-electron chi connectivity index (χ1n) is 12.9. The molecule has 0 aromatic heterocycles. The van der Waals surface area contributed by atoms with Crippen molar-refractivity contribution in [3.05, 3.63) is 132 Å². The number of fused-ring (bicyclic) bond motifs is 3. The van der Waals surface area contributed by atoms with Gasteiger partial charge in [-0.15, -0.1) is 23.4 Å². The molecule has 1 aliphatic heterocycles. The normalized spacial score (nSPS) is 22.9. The largest absolute Gasteiger partial charge is 0.377 e. The van der Waals surface area contributed by atoms with Crippen LogP contribution < -0.4 is 5.32 Å². The number of para-hydroxylation sites is 1. The van der Waals surface area contributed by atoms with Crippen LogP contribution in [-0.4, -0.2) is 21.3 Å². The van der Waals surface area contributed by atoms with Crippen molar-refractivity contribution in [1.82, 2.24) is 0 Å². The molecule has 4 aromatic carbocycles. The zero-order valence-electron chi connectivity index (χ0n) is 21.3. The zero-order chi connectivity index (χ0) is 28.8. The third kappa shape index (κ3) is 5.33. The van der Waals surface area contributed by atoms with Gasteiger partial charge in [-0.05, 0) is 53.8 Å². The van der Waals surface area contributed by atoms with Crippen molar-refractivity contribution in [3.63, 3.8) is 0 Å². The van der Waals surface area contributed by atoms with Gasteiger partial charge in [-0.1, -0.05) is 83.3 Å². The van der Waals surface area contributed by atoms with Gasteiger partial charge in [0.25, 0.3) is 5.69 Å². The van der Waals surface area contributed by atoms with E-state index in [0.29, 0.717) is 43.2 Å². The van der Waals surface area contributed by atoms with E-state index >= 15 is 0 Å². The van der Waals surface area contributed by atoms with Gasteiger partial charge in [0.2, 0.25) is 0 Å². The molecule has 5 atom stereocenters. The quantitative estimate of drug-likeness (QED) is 0.0980. The van der Waals surface area contributed by atoms with Gasteiger partial charge in [0, 0.05) is 49.1 Å². The highest BCUT2D eigenvalue weighted by atomic mass is 35.5. The third-order valence-corrected chi connectivity index (χ3v) is 10.7. The predicted molar refractivity (Wildman–Crippen MR) is 167 cm³/mol. The van der Waals surface area contributed by atoms with Crippen LogP contribution in [0.5, 0.6) is 0 Å². The Kier molecular flexibility index (Phi) is 7.96. The SMILES string of the molecule is O=C(c1ccccc1)c1cc(Cl)cc2c1N[C@H](c1ccc(Cl)cc1Cl)[C@@H]1C[C@H](Sc3ccccc3[N+](=O)[O-])[C@H](Cl)[C@@H]21. The minimum absolute atomic E-state index is 0.0397.